The third-order valence-corrected chi connectivity index (χ3v) is 2.37. The number of hydrogen-bond donors (Lipinski definition) is 2. The zero-order valence-electron chi connectivity index (χ0n) is 10.3. The van der Waals surface area contributed by atoms with Gasteiger partial charge in [0, 0.05) is 0 Å². The smallest absolute Gasteiger partial charge is 0.322 e. The lowest BCUT2D eigenvalue weighted by Crippen LogP contribution is -2.34. The first-order chi connectivity index (χ1) is 7.88. The summed E-state index contributed by atoms with van der Waals surface area (Å²) in [7, 11) is 1.27. The average Bonchev–Trinajstić information content (AvgIpc) is 2.26. The van der Waals surface area contributed by atoms with Crippen LogP contribution in [0.1, 0.15) is 32.6 Å². The Labute approximate surface area is 101 Å². The molecule has 0 aliphatic carbocycles. The van der Waals surface area contributed by atoms with Gasteiger partial charge in [0.05, 0.1) is 19.6 Å². The SMILES string of the molecule is COC(=O)C(N)CCCC(N)C(=O)CC(C)=O. The summed E-state index contributed by atoms with van der Waals surface area (Å²) in [6, 6.07) is -1.35. The summed E-state index contributed by atoms with van der Waals surface area (Å²) in [6.07, 6.45) is 1.23. The number of hydrogen-bond acceptors (Lipinski definition) is 6. The van der Waals surface area contributed by atoms with Gasteiger partial charge in [-0.15, -0.1) is 0 Å². The second-order valence-corrected chi connectivity index (χ2v) is 4.01. The number of rotatable bonds is 8. The minimum atomic E-state index is -0.685. The molecule has 0 bridgehead atoms. The molecule has 2 atom stereocenters. The molecular formula is C11H20N2O4. The molecule has 0 radical (unpaired) electrons. The monoisotopic (exact) mass is 244 g/mol. The molecule has 6 heteroatoms. The van der Waals surface area contributed by atoms with Crippen molar-refractivity contribution in [3.63, 3.8) is 0 Å². The highest BCUT2D eigenvalue weighted by Crippen LogP contribution is 2.05. The summed E-state index contributed by atoms with van der Waals surface area (Å²) in [5.41, 5.74) is 11.1. The van der Waals surface area contributed by atoms with Crippen LogP contribution in [0.5, 0.6) is 0 Å². The Morgan fingerprint density at radius 3 is 2.12 bits per heavy atom. The molecule has 98 valence electrons. The van der Waals surface area contributed by atoms with E-state index >= 15 is 0 Å². The van der Waals surface area contributed by atoms with Crippen LogP contribution in [0, 0.1) is 0 Å². The fraction of sp³-hybridized carbons (Fsp3) is 0.727. The van der Waals surface area contributed by atoms with E-state index in [1.807, 2.05) is 0 Å². The van der Waals surface area contributed by atoms with Crippen molar-refractivity contribution in [2.45, 2.75) is 44.7 Å². The maximum atomic E-state index is 11.4. The summed E-state index contributed by atoms with van der Waals surface area (Å²) < 4.78 is 4.46. The number of ketones is 2. The molecule has 6 nitrogen and oxygen atoms in total. The van der Waals surface area contributed by atoms with Gasteiger partial charge in [-0.1, -0.05) is 0 Å². The first kappa shape index (κ1) is 15.7. The van der Waals surface area contributed by atoms with Gasteiger partial charge in [-0.2, -0.15) is 0 Å². The summed E-state index contributed by atoms with van der Waals surface area (Å²) in [4.78, 5) is 33.0. The molecular weight excluding hydrogens is 224 g/mol. The lowest BCUT2D eigenvalue weighted by molar-refractivity contribution is -0.142. The van der Waals surface area contributed by atoms with Gasteiger partial charge in [0.25, 0.3) is 0 Å². The van der Waals surface area contributed by atoms with E-state index in [-0.39, 0.29) is 18.0 Å². The standard InChI is InChI=1S/C11H20N2O4/c1-7(14)6-10(15)8(12)4-3-5-9(13)11(16)17-2/h8-9H,3-6,12-13H2,1-2H3. The Morgan fingerprint density at radius 2 is 1.65 bits per heavy atom. The zero-order chi connectivity index (χ0) is 13.4. The van der Waals surface area contributed by atoms with Gasteiger partial charge in [-0.25, -0.2) is 0 Å². The van der Waals surface area contributed by atoms with Gasteiger partial charge in [0.15, 0.2) is 5.78 Å². The molecule has 0 rings (SSSR count). The Bertz CT molecular complexity index is 291. The number of nitrogens with two attached hydrogens (primary N) is 2. The highest BCUT2D eigenvalue weighted by Gasteiger charge is 2.17. The van der Waals surface area contributed by atoms with Crippen molar-refractivity contribution in [2.75, 3.05) is 7.11 Å². The van der Waals surface area contributed by atoms with Crippen molar-refractivity contribution in [1.82, 2.24) is 0 Å². The van der Waals surface area contributed by atoms with E-state index in [1.54, 1.807) is 0 Å². The number of carbonyl (C=O) groups is 3. The Balaban J connectivity index is 3.85. The topological polar surface area (TPSA) is 112 Å². The lowest BCUT2D eigenvalue weighted by atomic mass is 10.0. The van der Waals surface area contributed by atoms with Crippen molar-refractivity contribution in [1.29, 1.82) is 0 Å². The molecule has 0 fully saturated rings. The second kappa shape index (κ2) is 7.92. The predicted octanol–water partition coefficient (Wildman–Crippen LogP) is -0.467. The van der Waals surface area contributed by atoms with Gasteiger partial charge in [-0.3, -0.25) is 14.4 Å². The molecule has 4 N–H and O–H groups in total. The molecule has 2 unspecified atom stereocenters. The maximum Gasteiger partial charge on any atom is 0.322 e. The number of esters is 1. The van der Waals surface area contributed by atoms with Crippen molar-refractivity contribution in [3.8, 4) is 0 Å². The summed E-state index contributed by atoms with van der Waals surface area (Å²) >= 11 is 0. The van der Waals surface area contributed by atoms with E-state index in [2.05, 4.69) is 4.74 Å². The van der Waals surface area contributed by atoms with E-state index in [0.717, 1.165) is 0 Å². The normalized spacial score (nSPS) is 13.9. The molecule has 0 aliphatic heterocycles. The molecule has 0 aromatic rings. The van der Waals surface area contributed by atoms with E-state index in [1.165, 1.54) is 14.0 Å². The van der Waals surface area contributed by atoms with Crippen LogP contribution in [0.4, 0.5) is 0 Å². The first-order valence-corrected chi connectivity index (χ1v) is 5.49. The van der Waals surface area contributed by atoms with Gasteiger partial charge in [0.1, 0.15) is 11.8 Å². The summed E-state index contributed by atoms with van der Waals surface area (Å²) in [5, 5.41) is 0. The van der Waals surface area contributed by atoms with Crippen LogP contribution >= 0.6 is 0 Å². The maximum absolute atomic E-state index is 11.4. The Morgan fingerprint density at radius 1 is 1.12 bits per heavy atom. The molecule has 0 aromatic heterocycles. The molecule has 0 saturated carbocycles. The molecule has 0 amide bonds. The summed E-state index contributed by atoms with van der Waals surface area (Å²) in [6.45, 7) is 1.35. The fourth-order valence-corrected chi connectivity index (χ4v) is 1.36. The Hall–Kier alpha value is -1.27. The van der Waals surface area contributed by atoms with E-state index in [4.69, 9.17) is 11.5 Å². The largest absolute Gasteiger partial charge is 0.468 e. The molecule has 0 aromatic carbocycles. The number of ether oxygens (including phenoxy) is 1. The number of methoxy groups -OCH3 is 1. The molecule has 17 heavy (non-hydrogen) atoms. The molecule has 0 aliphatic rings. The first-order valence-electron chi connectivity index (χ1n) is 5.49. The number of carbonyl (C=O) groups excluding carboxylic acids is 3. The van der Waals surface area contributed by atoms with Gasteiger partial charge >= 0.3 is 5.97 Å². The summed E-state index contributed by atoms with van der Waals surface area (Å²) in [5.74, 6) is -0.950. The van der Waals surface area contributed by atoms with Gasteiger partial charge in [0.2, 0.25) is 0 Å². The predicted molar refractivity (Wildman–Crippen MR) is 62.1 cm³/mol. The minimum absolute atomic E-state index is 0.135. The van der Waals surface area contributed by atoms with Crippen LogP contribution in [0.2, 0.25) is 0 Å². The lowest BCUT2D eigenvalue weighted by Gasteiger charge is -2.11. The third kappa shape index (κ3) is 6.80. The molecule has 0 heterocycles. The van der Waals surface area contributed by atoms with Crippen molar-refractivity contribution in [2.24, 2.45) is 11.5 Å². The number of Topliss-reactive ketones (excluding diaryl/α,β-unsaturated/α-hetero) is 2. The third-order valence-electron chi connectivity index (χ3n) is 2.37. The van der Waals surface area contributed by atoms with Crippen LogP contribution in [0.15, 0.2) is 0 Å². The van der Waals surface area contributed by atoms with Crippen LogP contribution < -0.4 is 11.5 Å². The van der Waals surface area contributed by atoms with Gasteiger partial charge < -0.3 is 16.2 Å². The average molecular weight is 244 g/mol. The van der Waals surface area contributed by atoms with E-state index < -0.39 is 18.1 Å². The van der Waals surface area contributed by atoms with Crippen LogP contribution in [-0.4, -0.2) is 36.7 Å². The van der Waals surface area contributed by atoms with Crippen molar-refractivity contribution >= 4 is 17.5 Å². The highest BCUT2D eigenvalue weighted by molar-refractivity contribution is 6.00. The molecule has 0 spiro atoms. The Kier molecular flexibility index (Phi) is 7.32. The van der Waals surface area contributed by atoms with Crippen molar-refractivity contribution in [3.05, 3.63) is 0 Å². The van der Waals surface area contributed by atoms with Crippen LogP contribution in [0.3, 0.4) is 0 Å². The molecule has 0 saturated heterocycles. The van der Waals surface area contributed by atoms with E-state index in [9.17, 15) is 14.4 Å². The van der Waals surface area contributed by atoms with Crippen molar-refractivity contribution < 1.29 is 19.1 Å². The van der Waals surface area contributed by atoms with Gasteiger partial charge in [-0.05, 0) is 26.2 Å². The highest BCUT2D eigenvalue weighted by atomic mass is 16.5. The second-order valence-electron chi connectivity index (χ2n) is 4.01. The fourth-order valence-electron chi connectivity index (χ4n) is 1.36. The quantitative estimate of drug-likeness (QED) is 0.441. The minimum Gasteiger partial charge on any atom is -0.468 e. The zero-order valence-corrected chi connectivity index (χ0v) is 10.3. The van der Waals surface area contributed by atoms with Crippen LogP contribution in [-0.2, 0) is 19.1 Å². The van der Waals surface area contributed by atoms with E-state index in [0.29, 0.717) is 19.3 Å². The van der Waals surface area contributed by atoms with Crippen LogP contribution in [0.25, 0.3) is 0 Å².